The zero-order chi connectivity index (χ0) is 17.1. The molecule has 7 heteroatoms. The molecule has 1 saturated carbocycles. The highest BCUT2D eigenvalue weighted by atomic mass is 16.5. The van der Waals surface area contributed by atoms with Crippen molar-refractivity contribution in [1.29, 1.82) is 0 Å². The first-order valence-electron chi connectivity index (χ1n) is 8.72. The summed E-state index contributed by atoms with van der Waals surface area (Å²) in [6.07, 6.45) is 12.5. The van der Waals surface area contributed by atoms with Gasteiger partial charge in [0.05, 0.1) is 18.6 Å². The Labute approximate surface area is 146 Å². The van der Waals surface area contributed by atoms with Crippen LogP contribution in [-0.2, 0) is 13.1 Å². The Kier molecular flexibility index (Phi) is 4.56. The van der Waals surface area contributed by atoms with E-state index < -0.39 is 0 Å². The molecule has 1 aliphatic rings. The zero-order valence-electron chi connectivity index (χ0n) is 14.4. The van der Waals surface area contributed by atoms with Crippen molar-refractivity contribution in [2.45, 2.75) is 44.8 Å². The molecule has 3 heterocycles. The molecule has 7 nitrogen and oxygen atoms in total. The van der Waals surface area contributed by atoms with Crippen molar-refractivity contribution in [3.8, 4) is 11.4 Å². The fraction of sp³-hybridized carbons (Fsp3) is 0.444. The van der Waals surface area contributed by atoms with Crippen LogP contribution in [0.2, 0.25) is 0 Å². The Balaban J connectivity index is 1.41. The van der Waals surface area contributed by atoms with Gasteiger partial charge in [0.15, 0.2) is 0 Å². The standard InChI is InChI=1S/C18H22N6O/c1-23(11-16-10-20-13-24(16)15-6-2-3-7-15)12-17-21-18(22-25-17)14-5-4-8-19-9-14/h4-5,8-10,13,15H,2-3,6-7,11-12H2,1H3. The Bertz CT molecular complexity index is 806. The molecule has 25 heavy (non-hydrogen) atoms. The lowest BCUT2D eigenvalue weighted by atomic mass is 10.2. The van der Waals surface area contributed by atoms with Crippen molar-refractivity contribution in [3.63, 3.8) is 0 Å². The lowest BCUT2D eigenvalue weighted by molar-refractivity contribution is 0.254. The van der Waals surface area contributed by atoms with Gasteiger partial charge in [-0.3, -0.25) is 9.88 Å². The summed E-state index contributed by atoms with van der Waals surface area (Å²) in [5, 5.41) is 4.05. The smallest absolute Gasteiger partial charge is 0.241 e. The van der Waals surface area contributed by atoms with Gasteiger partial charge in [0.2, 0.25) is 11.7 Å². The van der Waals surface area contributed by atoms with E-state index >= 15 is 0 Å². The van der Waals surface area contributed by atoms with Gasteiger partial charge >= 0.3 is 0 Å². The van der Waals surface area contributed by atoms with Crippen LogP contribution in [0.15, 0.2) is 41.6 Å². The Morgan fingerprint density at radius 3 is 2.88 bits per heavy atom. The highest BCUT2D eigenvalue weighted by Gasteiger charge is 2.20. The van der Waals surface area contributed by atoms with Crippen LogP contribution >= 0.6 is 0 Å². The van der Waals surface area contributed by atoms with Crippen molar-refractivity contribution >= 4 is 0 Å². The average molecular weight is 338 g/mol. The van der Waals surface area contributed by atoms with E-state index in [4.69, 9.17) is 4.52 Å². The summed E-state index contributed by atoms with van der Waals surface area (Å²) in [6.45, 7) is 1.41. The summed E-state index contributed by atoms with van der Waals surface area (Å²) < 4.78 is 7.72. The summed E-state index contributed by atoms with van der Waals surface area (Å²) in [5.74, 6) is 1.18. The van der Waals surface area contributed by atoms with Gasteiger partial charge < -0.3 is 9.09 Å². The zero-order valence-corrected chi connectivity index (χ0v) is 14.4. The number of hydrogen-bond donors (Lipinski definition) is 0. The summed E-state index contributed by atoms with van der Waals surface area (Å²) in [7, 11) is 2.06. The first kappa shape index (κ1) is 16.0. The SMILES string of the molecule is CN(Cc1nc(-c2cccnc2)no1)Cc1cncn1C1CCCC1. The minimum Gasteiger partial charge on any atom is -0.338 e. The molecule has 3 aromatic heterocycles. The second-order valence-corrected chi connectivity index (χ2v) is 6.66. The maximum absolute atomic E-state index is 5.39. The molecule has 0 aromatic carbocycles. The second kappa shape index (κ2) is 7.14. The topological polar surface area (TPSA) is 72.9 Å². The Morgan fingerprint density at radius 2 is 2.08 bits per heavy atom. The van der Waals surface area contributed by atoms with Gasteiger partial charge in [0.1, 0.15) is 0 Å². The molecular weight excluding hydrogens is 316 g/mol. The van der Waals surface area contributed by atoms with Crippen LogP contribution in [0.3, 0.4) is 0 Å². The number of aromatic nitrogens is 5. The third kappa shape index (κ3) is 3.61. The predicted octanol–water partition coefficient (Wildman–Crippen LogP) is 3.08. The van der Waals surface area contributed by atoms with E-state index in [1.54, 1.807) is 12.4 Å². The van der Waals surface area contributed by atoms with Crippen LogP contribution in [0, 0.1) is 0 Å². The molecule has 0 bridgehead atoms. The van der Waals surface area contributed by atoms with Crippen LogP contribution < -0.4 is 0 Å². The summed E-state index contributed by atoms with van der Waals surface area (Å²) in [6, 6.07) is 4.39. The van der Waals surface area contributed by atoms with Crippen LogP contribution in [0.25, 0.3) is 11.4 Å². The number of rotatable bonds is 6. The molecule has 130 valence electrons. The van der Waals surface area contributed by atoms with Gasteiger partial charge in [-0.25, -0.2) is 4.98 Å². The molecule has 1 fully saturated rings. The molecule has 0 N–H and O–H groups in total. The minimum atomic E-state index is 0.576. The van der Waals surface area contributed by atoms with Crippen molar-refractivity contribution < 1.29 is 4.52 Å². The Morgan fingerprint density at radius 1 is 1.20 bits per heavy atom. The normalized spacial score (nSPS) is 15.3. The molecular formula is C18H22N6O. The fourth-order valence-electron chi connectivity index (χ4n) is 3.46. The van der Waals surface area contributed by atoms with Crippen molar-refractivity contribution in [1.82, 2.24) is 29.6 Å². The van der Waals surface area contributed by atoms with E-state index in [0.717, 1.165) is 12.1 Å². The van der Waals surface area contributed by atoms with E-state index in [-0.39, 0.29) is 0 Å². The first-order chi connectivity index (χ1) is 12.3. The highest BCUT2D eigenvalue weighted by Crippen LogP contribution is 2.30. The molecule has 1 aliphatic carbocycles. The number of hydrogen-bond acceptors (Lipinski definition) is 6. The van der Waals surface area contributed by atoms with Crippen molar-refractivity contribution in [2.24, 2.45) is 0 Å². The molecule has 4 rings (SSSR count). The van der Waals surface area contributed by atoms with E-state index in [1.807, 2.05) is 24.7 Å². The highest BCUT2D eigenvalue weighted by molar-refractivity contribution is 5.51. The average Bonchev–Trinajstić information content (AvgIpc) is 3.37. The van der Waals surface area contributed by atoms with Crippen LogP contribution in [-0.4, -0.2) is 36.6 Å². The third-order valence-corrected chi connectivity index (χ3v) is 4.69. The molecule has 0 radical (unpaired) electrons. The second-order valence-electron chi connectivity index (χ2n) is 6.66. The summed E-state index contributed by atoms with van der Waals surface area (Å²) in [4.78, 5) is 15.1. The van der Waals surface area contributed by atoms with Gasteiger partial charge in [-0.15, -0.1) is 0 Å². The molecule has 0 atom stereocenters. The molecule has 0 aliphatic heterocycles. The Hall–Kier alpha value is -2.54. The van der Waals surface area contributed by atoms with Crippen LogP contribution in [0.4, 0.5) is 0 Å². The molecule has 3 aromatic rings. The lowest BCUT2D eigenvalue weighted by Crippen LogP contribution is -2.20. The maximum atomic E-state index is 5.39. The van der Waals surface area contributed by atoms with Gasteiger partial charge in [0.25, 0.3) is 0 Å². The van der Waals surface area contributed by atoms with E-state index in [9.17, 15) is 0 Å². The molecule has 0 amide bonds. The fourth-order valence-corrected chi connectivity index (χ4v) is 3.46. The third-order valence-electron chi connectivity index (χ3n) is 4.69. The first-order valence-corrected chi connectivity index (χ1v) is 8.72. The van der Waals surface area contributed by atoms with E-state index in [1.165, 1.54) is 31.4 Å². The van der Waals surface area contributed by atoms with Gasteiger partial charge in [-0.2, -0.15) is 4.98 Å². The number of imidazole rings is 1. The quantitative estimate of drug-likeness (QED) is 0.688. The lowest BCUT2D eigenvalue weighted by Gasteiger charge is -2.19. The summed E-state index contributed by atoms with van der Waals surface area (Å²) >= 11 is 0. The maximum Gasteiger partial charge on any atom is 0.241 e. The van der Waals surface area contributed by atoms with Gasteiger partial charge in [0, 0.05) is 36.7 Å². The predicted molar refractivity (Wildman–Crippen MR) is 92.4 cm³/mol. The molecule has 0 spiro atoms. The number of nitrogens with zero attached hydrogens (tertiary/aromatic N) is 6. The van der Waals surface area contributed by atoms with Gasteiger partial charge in [-0.05, 0) is 32.0 Å². The monoisotopic (exact) mass is 338 g/mol. The van der Waals surface area contributed by atoms with Crippen LogP contribution in [0.1, 0.15) is 43.3 Å². The van der Waals surface area contributed by atoms with Crippen molar-refractivity contribution in [2.75, 3.05) is 7.05 Å². The number of pyridine rings is 1. The summed E-state index contributed by atoms with van der Waals surface area (Å²) in [5.41, 5.74) is 2.10. The minimum absolute atomic E-state index is 0.576. The largest absolute Gasteiger partial charge is 0.338 e. The van der Waals surface area contributed by atoms with E-state index in [2.05, 4.69) is 36.6 Å². The van der Waals surface area contributed by atoms with E-state index in [0.29, 0.717) is 24.3 Å². The molecule has 0 unspecified atom stereocenters. The van der Waals surface area contributed by atoms with Crippen molar-refractivity contribution in [3.05, 3.63) is 48.6 Å². The van der Waals surface area contributed by atoms with Gasteiger partial charge in [-0.1, -0.05) is 18.0 Å². The van der Waals surface area contributed by atoms with Crippen LogP contribution in [0.5, 0.6) is 0 Å². The molecule has 0 saturated heterocycles.